The summed E-state index contributed by atoms with van der Waals surface area (Å²) in [6.45, 7) is 6.18. The van der Waals surface area contributed by atoms with Crippen LogP contribution in [0.4, 0.5) is 5.69 Å². The number of aliphatic carboxylic acids is 2. The number of hydrogen-bond donors (Lipinski definition) is 1. The standard InChI is InChI=1S/C15H21NO4/c1-9(2)13-5-4-12(6-10(13)3)16-8-11(15(19)20)7-14(17)18/h4-6,9,11,16H,7-8H2,1-3H3,(H,17,18)(H,19,20)/p-2/t11-/m1/s1. The molecule has 0 unspecified atom stereocenters. The zero-order valence-corrected chi connectivity index (χ0v) is 11.9. The van der Waals surface area contributed by atoms with E-state index in [9.17, 15) is 19.8 Å². The first-order chi connectivity index (χ1) is 9.31. The molecule has 0 heterocycles. The Bertz CT molecular complexity index is 497. The highest BCUT2D eigenvalue weighted by Gasteiger charge is 2.11. The lowest BCUT2D eigenvalue weighted by Crippen LogP contribution is -2.39. The minimum Gasteiger partial charge on any atom is -0.550 e. The number of carbonyl (C=O) groups is 2. The predicted molar refractivity (Wildman–Crippen MR) is 71.9 cm³/mol. The van der Waals surface area contributed by atoms with Crippen LogP contribution in [0.1, 0.15) is 37.3 Å². The fraction of sp³-hybridized carbons (Fsp3) is 0.467. The number of nitrogens with one attached hydrogen (secondary N) is 1. The molecular formula is C15H19NO4-2. The van der Waals surface area contributed by atoms with Crippen LogP contribution in [0.3, 0.4) is 0 Å². The van der Waals surface area contributed by atoms with Gasteiger partial charge in [0, 0.05) is 30.1 Å². The van der Waals surface area contributed by atoms with E-state index in [2.05, 4.69) is 19.2 Å². The zero-order chi connectivity index (χ0) is 15.3. The number of rotatable bonds is 7. The van der Waals surface area contributed by atoms with Gasteiger partial charge in [-0.1, -0.05) is 19.9 Å². The van der Waals surface area contributed by atoms with Crippen LogP contribution in [-0.4, -0.2) is 18.5 Å². The van der Waals surface area contributed by atoms with Gasteiger partial charge in [0.05, 0.1) is 0 Å². The SMILES string of the molecule is Cc1cc(NC[C@@H](CC(=O)[O-])C(=O)[O-])ccc1C(C)C. The van der Waals surface area contributed by atoms with Gasteiger partial charge in [-0.3, -0.25) is 0 Å². The van der Waals surface area contributed by atoms with Crippen molar-refractivity contribution in [3.8, 4) is 0 Å². The summed E-state index contributed by atoms with van der Waals surface area (Å²) in [5, 5.41) is 24.2. The smallest absolute Gasteiger partial charge is 0.0466 e. The van der Waals surface area contributed by atoms with E-state index in [0.717, 1.165) is 11.3 Å². The maximum absolute atomic E-state index is 10.8. The summed E-state index contributed by atoms with van der Waals surface area (Å²) in [5.74, 6) is -3.48. The minimum atomic E-state index is -1.40. The number of hydrogen-bond acceptors (Lipinski definition) is 5. The van der Waals surface area contributed by atoms with Crippen molar-refractivity contribution in [3.05, 3.63) is 29.3 Å². The van der Waals surface area contributed by atoms with Gasteiger partial charge >= 0.3 is 0 Å². The highest BCUT2D eigenvalue weighted by Crippen LogP contribution is 2.22. The van der Waals surface area contributed by atoms with Gasteiger partial charge in [-0.25, -0.2) is 0 Å². The summed E-state index contributed by atoms with van der Waals surface area (Å²) in [6, 6.07) is 5.75. The van der Waals surface area contributed by atoms with Crippen LogP contribution in [0.2, 0.25) is 0 Å². The first-order valence-electron chi connectivity index (χ1n) is 6.56. The molecule has 20 heavy (non-hydrogen) atoms. The lowest BCUT2D eigenvalue weighted by Gasteiger charge is -2.20. The molecule has 5 nitrogen and oxygen atoms in total. The van der Waals surface area contributed by atoms with Crippen molar-refractivity contribution in [2.75, 3.05) is 11.9 Å². The second-order valence-corrected chi connectivity index (χ2v) is 5.20. The Balaban J connectivity index is 2.71. The fourth-order valence-corrected chi connectivity index (χ4v) is 2.11. The largest absolute Gasteiger partial charge is 0.550 e. The van der Waals surface area contributed by atoms with Crippen LogP contribution < -0.4 is 15.5 Å². The maximum Gasteiger partial charge on any atom is 0.0466 e. The van der Waals surface area contributed by atoms with Crippen LogP contribution in [-0.2, 0) is 9.59 Å². The molecule has 1 N–H and O–H groups in total. The lowest BCUT2D eigenvalue weighted by atomic mass is 9.97. The van der Waals surface area contributed by atoms with E-state index in [4.69, 9.17) is 0 Å². The summed E-state index contributed by atoms with van der Waals surface area (Å²) in [6.07, 6.45) is -0.557. The second kappa shape index (κ2) is 6.93. The molecule has 1 rings (SSSR count). The molecular weight excluding hydrogens is 258 g/mol. The van der Waals surface area contributed by atoms with Crippen molar-refractivity contribution in [2.24, 2.45) is 5.92 Å². The predicted octanol–water partition coefficient (Wildman–Crippen LogP) is 0.0364. The minimum absolute atomic E-state index is 0.00320. The van der Waals surface area contributed by atoms with E-state index >= 15 is 0 Å². The first kappa shape index (κ1) is 16.0. The van der Waals surface area contributed by atoms with Gasteiger partial charge in [0.1, 0.15) is 0 Å². The second-order valence-electron chi connectivity index (χ2n) is 5.20. The molecule has 1 atom stereocenters. The van der Waals surface area contributed by atoms with Crippen molar-refractivity contribution < 1.29 is 19.8 Å². The normalized spacial score (nSPS) is 12.2. The average Bonchev–Trinajstić information content (AvgIpc) is 2.33. The fourth-order valence-electron chi connectivity index (χ4n) is 2.11. The van der Waals surface area contributed by atoms with Crippen molar-refractivity contribution >= 4 is 17.6 Å². The monoisotopic (exact) mass is 277 g/mol. The van der Waals surface area contributed by atoms with Crippen LogP contribution in [0.25, 0.3) is 0 Å². The Kier molecular flexibility index (Phi) is 5.55. The van der Waals surface area contributed by atoms with Crippen molar-refractivity contribution in [1.82, 2.24) is 0 Å². The molecule has 1 aromatic rings. The molecule has 0 spiro atoms. The summed E-state index contributed by atoms with van der Waals surface area (Å²) < 4.78 is 0. The third-order valence-corrected chi connectivity index (χ3v) is 3.19. The molecule has 0 fully saturated rings. The summed E-state index contributed by atoms with van der Waals surface area (Å²) >= 11 is 0. The van der Waals surface area contributed by atoms with Gasteiger partial charge in [0.15, 0.2) is 0 Å². The molecule has 5 heteroatoms. The molecule has 0 aliphatic rings. The van der Waals surface area contributed by atoms with E-state index < -0.39 is 24.3 Å². The molecule has 0 saturated carbocycles. The van der Waals surface area contributed by atoms with Crippen LogP contribution in [0.5, 0.6) is 0 Å². The molecule has 0 aliphatic heterocycles. The third kappa shape index (κ3) is 4.57. The molecule has 0 aliphatic carbocycles. The van der Waals surface area contributed by atoms with Gasteiger partial charge in [-0.2, -0.15) is 0 Å². The quantitative estimate of drug-likeness (QED) is 0.759. The van der Waals surface area contributed by atoms with Gasteiger partial charge in [-0.15, -0.1) is 0 Å². The third-order valence-electron chi connectivity index (χ3n) is 3.19. The highest BCUT2D eigenvalue weighted by molar-refractivity contribution is 5.76. The zero-order valence-electron chi connectivity index (χ0n) is 11.9. The molecule has 110 valence electrons. The Hall–Kier alpha value is -2.04. The Labute approximate surface area is 118 Å². The van der Waals surface area contributed by atoms with Gasteiger partial charge in [0.25, 0.3) is 0 Å². The number of aryl methyl sites for hydroxylation is 1. The van der Waals surface area contributed by atoms with Crippen LogP contribution in [0, 0.1) is 12.8 Å². The van der Waals surface area contributed by atoms with Crippen molar-refractivity contribution in [2.45, 2.75) is 33.1 Å². The summed E-state index contributed by atoms with van der Waals surface area (Å²) in [7, 11) is 0. The molecule has 1 aromatic carbocycles. The summed E-state index contributed by atoms with van der Waals surface area (Å²) in [5.41, 5.74) is 3.09. The molecule has 0 amide bonds. The van der Waals surface area contributed by atoms with Crippen LogP contribution >= 0.6 is 0 Å². The van der Waals surface area contributed by atoms with Crippen LogP contribution in [0.15, 0.2) is 18.2 Å². The van der Waals surface area contributed by atoms with Crippen molar-refractivity contribution in [3.63, 3.8) is 0 Å². The average molecular weight is 277 g/mol. The molecule has 0 bridgehead atoms. The number of benzene rings is 1. The van der Waals surface area contributed by atoms with E-state index in [-0.39, 0.29) is 6.54 Å². The van der Waals surface area contributed by atoms with Gasteiger partial charge in [-0.05, 0) is 42.5 Å². The highest BCUT2D eigenvalue weighted by atomic mass is 16.4. The molecule has 0 radical (unpaired) electrons. The van der Waals surface area contributed by atoms with Gasteiger partial charge in [0.2, 0.25) is 0 Å². The maximum atomic E-state index is 10.8. The summed E-state index contributed by atoms with van der Waals surface area (Å²) in [4.78, 5) is 21.3. The Morgan fingerprint density at radius 3 is 2.35 bits per heavy atom. The number of carboxylic acids is 2. The van der Waals surface area contributed by atoms with Crippen molar-refractivity contribution in [1.29, 1.82) is 0 Å². The van der Waals surface area contributed by atoms with E-state index in [1.807, 2.05) is 25.1 Å². The molecule has 0 aromatic heterocycles. The molecule has 0 saturated heterocycles. The number of carbonyl (C=O) groups excluding carboxylic acids is 2. The van der Waals surface area contributed by atoms with E-state index in [1.165, 1.54) is 5.56 Å². The van der Waals surface area contributed by atoms with E-state index in [0.29, 0.717) is 5.92 Å². The number of anilines is 1. The number of carboxylic acid groups (broad SMARTS) is 2. The Morgan fingerprint density at radius 2 is 1.90 bits per heavy atom. The van der Waals surface area contributed by atoms with Gasteiger partial charge < -0.3 is 25.1 Å². The lowest BCUT2D eigenvalue weighted by molar-refractivity contribution is -0.320. The first-order valence-corrected chi connectivity index (χ1v) is 6.56. The van der Waals surface area contributed by atoms with E-state index in [1.54, 1.807) is 0 Å². The topological polar surface area (TPSA) is 92.3 Å². The Morgan fingerprint density at radius 1 is 1.25 bits per heavy atom.